The van der Waals surface area contributed by atoms with Gasteiger partial charge in [-0.3, -0.25) is 19.3 Å². The van der Waals surface area contributed by atoms with Crippen molar-refractivity contribution in [2.24, 2.45) is 16.6 Å². The number of rotatable bonds is 6. The molecule has 2 heterocycles. The molecule has 3 rings (SSSR count). The van der Waals surface area contributed by atoms with E-state index in [0.717, 1.165) is 0 Å². The molecule has 1 fully saturated rings. The van der Waals surface area contributed by atoms with Gasteiger partial charge in [-0.05, 0) is 43.4 Å². The Kier molecular flexibility index (Phi) is 6.29. The Bertz CT molecular complexity index is 901. The van der Waals surface area contributed by atoms with E-state index in [1.807, 2.05) is 6.26 Å². The maximum atomic E-state index is 13.1. The van der Waals surface area contributed by atoms with Gasteiger partial charge in [0.15, 0.2) is 0 Å². The van der Waals surface area contributed by atoms with Crippen LogP contribution in [0.2, 0.25) is 0 Å². The maximum absolute atomic E-state index is 13.1. The second-order valence-corrected chi connectivity index (χ2v) is 9.54. The van der Waals surface area contributed by atoms with Crippen LogP contribution in [0.3, 0.4) is 0 Å². The van der Waals surface area contributed by atoms with E-state index in [1.165, 1.54) is 6.07 Å². The van der Waals surface area contributed by atoms with Crippen LogP contribution in [0.4, 0.5) is 0 Å². The number of aliphatic imine (C=N–C) groups is 1. The number of primary amides is 1. The summed E-state index contributed by atoms with van der Waals surface area (Å²) in [7, 11) is -3.66. The predicted octanol–water partition coefficient (Wildman–Crippen LogP) is 0.571. The number of nitrogens with zero attached hydrogens (tertiary/aromatic N) is 2. The standard InChI is InChI=1S/C18H24N4O4S2/c1-27-10-8-14(18(24)22-9-4-5-12(11-22)16(19)23)20-17-13-6-2-3-7-15(13)28(25,26)21-17/h2-3,6-7,12,14H,4-5,8-11H2,1H3,(H2,19,23)(H,20,21)/t12-,14-/m0/s1. The number of thioether (sulfide) groups is 1. The molecule has 3 N–H and O–H groups in total. The summed E-state index contributed by atoms with van der Waals surface area (Å²) >= 11 is 1.59. The summed E-state index contributed by atoms with van der Waals surface area (Å²) in [6.07, 6.45) is 3.80. The van der Waals surface area contributed by atoms with Crippen LogP contribution >= 0.6 is 11.8 Å². The lowest BCUT2D eigenvalue weighted by atomic mass is 9.96. The van der Waals surface area contributed by atoms with Gasteiger partial charge in [0, 0.05) is 18.7 Å². The zero-order valence-electron chi connectivity index (χ0n) is 15.6. The van der Waals surface area contributed by atoms with Crippen molar-refractivity contribution in [2.45, 2.75) is 30.2 Å². The number of carbonyl (C=O) groups excluding carboxylic acids is 2. The highest BCUT2D eigenvalue weighted by Crippen LogP contribution is 2.24. The van der Waals surface area contributed by atoms with Crippen molar-refractivity contribution in [3.05, 3.63) is 29.8 Å². The number of nitrogens with two attached hydrogens (primary N) is 1. The van der Waals surface area contributed by atoms with Gasteiger partial charge < -0.3 is 10.6 Å². The van der Waals surface area contributed by atoms with Crippen LogP contribution in [-0.2, 0) is 19.6 Å². The number of fused-ring (bicyclic) bond motifs is 1. The fraction of sp³-hybridized carbons (Fsp3) is 0.500. The molecule has 1 aromatic rings. The van der Waals surface area contributed by atoms with Crippen molar-refractivity contribution in [2.75, 3.05) is 25.1 Å². The van der Waals surface area contributed by atoms with Crippen LogP contribution in [0.1, 0.15) is 24.8 Å². The van der Waals surface area contributed by atoms with Crippen LogP contribution in [0.25, 0.3) is 0 Å². The molecule has 0 unspecified atom stereocenters. The Morgan fingerprint density at radius 2 is 2.14 bits per heavy atom. The number of hydrogen-bond acceptors (Lipinski definition) is 6. The molecule has 0 spiro atoms. The number of carbonyl (C=O) groups is 2. The molecule has 0 aliphatic carbocycles. The Morgan fingerprint density at radius 1 is 1.39 bits per heavy atom. The predicted molar refractivity (Wildman–Crippen MR) is 109 cm³/mol. The third-order valence-electron chi connectivity index (χ3n) is 4.96. The van der Waals surface area contributed by atoms with E-state index in [4.69, 9.17) is 5.73 Å². The molecule has 0 radical (unpaired) electrons. The van der Waals surface area contributed by atoms with E-state index >= 15 is 0 Å². The molecule has 0 bridgehead atoms. The number of likely N-dealkylation sites (tertiary alicyclic amines) is 1. The fourth-order valence-electron chi connectivity index (χ4n) is 3.48. The first-order chi connectivity index (χ1) is 13.3. The van der Waals surface area contributed by atoms with E-state index < -0.39 is 22.0 Å². The van der Waals surface area contributed by atoms with Gasteiger partial charge in [-0.2, -0.15) is 11.8 Å². The van der Waals surface area contributed by atoms with Gasteiger partial charge in [-0.25, -0.2) is 8.42 Å². The van der Waals surface area contributed by atoms with Crippen molar-refractivity contribution in [3.8, 4) is 0 Å². The summed E-state index contributed by atoms with van der Waals surface area (Å²) in [6.45, 7) is 0.836. The van der Waals surface area contributed by atoms with Crippen LogP contribution in [0.15, 0.2) is 34.2 Å². The van der Waals surface area contributed by atoms with E-state index in [1.54, 1.807) is 34.9 Å². The molecule has 2 atom stereocenters. The number of amidine groups is 1. The van der Waals surface area contributed by atoms with E-state index in [9.17, 15) is 18.0 Å². The Balaban J connectivity index is 1.88. The Labute approximate surface area is 169 Å². The first-order valence-corrected chi connectivity index (χ1v) is 12.0. The lowest BCUT2D eigenvalue weighted by molar-refractivity contribution is -0.136. The summed E-state index contributed by atoms with van der Waals surface area (Å²) < 4.78 is 27.1. The summed E-state index contributed by atoms with van der Waals surface area (Å²) in [5.41, 5.74) is 5.89. The maximum Gasteiger partial charge on any atom is 0.263 e. The highest BCUT2D eigenvalue weighted by atomic mass is 32.2. The van der Waals surface area contributed by atoms with Crippen molar-refractivity contribution in [1.82, 2.24) is 9.62 Å². The summed E-state index contributed by atoms with van der Waals surface area (Å²) in [6, 6.07) is 5.85. The molecular formula is C18H24N4O4S2. The van der Waals surface area contributed by atoms with Crippen LogP contribution < -0.4 is 10.5 Å². The highest BCUT2D eigenvalue weighted by Gasteiger charge is 2.34. The first-order valence-electron chi connectivity index (χ1n) is 9.10. The topological polar surface area (TPSA) is 122 Å². The molecular weight excluding hydrogens is 400 g/mol. The van der Waals surface area contributed by atoms with Crippen molar-refractivity contribution >= 4 is 39.4 Å². The van der Waals surface area contributed by atoms with Gasteiger partial charge >= 0.3 is 0 Å². The Hall–Kier alpha value is -2.07. The summed E-state index contributed by atoms with van der Waals surface area (Å²) in [4.78, 5) is 30.9. The molecule has 152 valence electrons. The second kappa shape index (κ2) is 8.52. The van der Waals surface area contributed by atoms with E-state index in [-0.39, 0.29) is 29.1 Å². The number of amides is 2. The number of hydrogen-bond donors (Lipinski definition) is 2. The van der Waals surface area contributed by atoms with Crippen LogP contribution in [-0.4, -0.2) is 62.1 Å². The highest BCUT2D eigenvalue weighted by molar-refractivity contribution is 7.98. The minimum atomic E-state index is -3.66. The molecule has 2 aliphatic heterocycles. The third kappa shape index (κ3) is 4.33. The third-order valence-corrected chi connectivity index (χ3v) is 7.00. The molecule has 0 saturated carbocycles. The lowest BCUT2D eigenvalue weighted by Crippen LogP contribution is -2.47. The molecule has 1 aromatic carbocycles. The minimum Gasteiger partial charge on any atom is -0.369 e. The molecule has 1 saturated heterocycles. The van der Waals surface area contributed by atoms with E-state index in [2.05, 4.69) is 9.71 Å². The van der Waals surface area contributed by atoms with Gasteiger partial charge in [0.05, 0.1) is 10.8 Å². The van der Waals surface area contributed by atoms with Gasteiger partial charge in [0.1, 0.15) is 11.9 Å². The summed E-state index contributed by atoms with van der Waals surface area (Å²) in [5.74, 6) is -0.0527. The van der Waals surface area contributed by atoms with Gasteiger partial charge in [-0.1, -0.05) is 12.1 Å². The molecule has 10 heteroatoms. The molecule has 0 aromatic heterocycles. The van der Waals surface area contributed by atoms with Crippen molar-refractivity contribution < 1.29 is 18.0 Å². The quantitative estimate of drug-likeness (QED) is 0.691. The molecule has 8 nitrogen and oxygen atoms in total. The van der Waals surface area contributed by atoms with Crippen molar-refractivity contribution in [3.63, 3.8) is 0 Å². The molecule has 2 amide bonds. The SMILES string of the molecule is CSCC[C@H](N=C1NS(=O)(=O)c2ccccc21)C(=O)N1CCC[C@H](C(N)=O)C1. The van der Waals surface area contributed by atoms with Gasteiger partial charge in [0.25, 0.3) is 10.0 Å². The second-order valence-electron chi connectivity index (χ2n) is 6.90. The zero-order chi connectivity index (χ0) is 20.3. The summed E-state index contributed by atoms with van der Waals surface area (Å²) in [5, 5.41) is 0. The number of benzene rings is 1. The smallest absolute Gasteiger partial charge is 0.263 e. The molecule has 2 aliphatic rings. The lowest BCUT2D eigenvalue weighted by Gasteiger charge is -2.33. The van der Waals surface area contributed by atoms with Crippen LogP contribution in [0.5, 0.6) is 0 Å². The average Bonchev–Trinajstić information content (AvgIpc) is 2.95. The Morgan fingerprint density at radius 3 is 2.86 bits per heavy atom. The fourth-order valence-corrected chi connectivity index (χ4v) is 5.18. The number of sulfonamides is 1. The minimum absolute atomic E-state index is 0.164. The van der Waals surface area contributed by atoms with Crippen molar-refractivity contribution in [1.29, 1.82) is 0 Å². The average molecular weight is 425 g/mol. The largest absolute Gasteiger partial charge is 0.369 e. The van der Waals surface area contributed by atoms with Gasteiger partial charge in [0.2, 0.25) is 11.8 Å². The normalized spacial score (nSPS) is 23.1. The van der Waals surface area contributed by atoms with Crippen LogP contribution in [0, 0.1) is 5.92 Å². The van der Waals surface area contributed by atoms with Gasteiger partial charge in [-0.15, -0.1) is 0 Å². The molecule has 28 heavy (non-hydrogen) atoms. The van der Waals surface area contributed by atoms with E-state index in [0.29, 0.717) is 37.1 Å². The monoisotopic (exact) mass is 424 g/mol. The number of nitrogens with one attached hydrogen (secondary N) is 1. The number of piperidine rings is 1. The zero-order valence-corrected chi connectivity index (χ0v) is 17.3. The first kappa shape index (κ1) is 20.7.